The Balaban J connectivity index is 1.65. The Labute approximate surface area is 122 Å². The number of carbonyl (C=O) groups is 1. The summed E-state index contributed by atoms with van der Waals surface area (Å²) in [6.45, 7) is 0. The minimum Gasteiger partial charge on any atom is -0.324 e. The Bertz CT molecular complexity index is 728. The highest BCUT2D eigenvalue weighted by Gasteiger charge is 2.34. The van der Waals surface area contributed by atoms with Gasteiger partial charge in [-0.05, 0) is 42.2 Å². The quantitative estimate of drug-likeness (QED) is 0.888. The number of nitrogens with one attached hydrogen (secondary N) is 2. The first-order valence-electron chi connectivity index (χ1n) is 7.16. The molecule has 2 N–H and O–H groups in total. The maximum absolute atomic E-state index is 13.4. The van der Waals surface area contributed by atoms with Crippen LogP contribution in [-0.2, 0) is 11.2 Å². The standard InChI is InChI=1S/C17H15FN2O/c18-11-6-8-15-13(9-11)16(17(21)20-15)19-14-7-5-10-3-1-2-4-12(10)14/h1-4,6,8-9,14,16,19H,5,7H2,(H,20,21). The molecule has 1 heterocycles. The lowest BCUT2D eigenvalue weighted by molar-refractivity contribution is -0.117. The summed E-state index contributed by atoms with van der Waals surface area (Å²) in [5.41, 5.74) is 3.97. The molecule has 2 unspecified atom stereocenters. The van der Waals surface area contributed by atoms with E-state index in [1.165, 1.54) is 23.3 Å². The summed E-state index contributed by atoms with van der Waals surface area (Å²) >= 11 is 0. The molecule has 0 saturated heterocycles. The van der Waals surface area contributed by atoms with Gasteiger partial charge in [0.2, 0.25) is 5.91 Å². The van der Waals surface area contributed by atoms with Gasteiger partial charge in [0.05, 0.1) is 0 Å². The second-order valence-corrected chi connectivity index (χ2v) is 5.61. The molecule has 0 saturated carbocycles. The minimum atomic E-state index is -0.480. The zero-order valence-corrected chi connectivity index (χ0v) is 11.4. The Morgan fingerprint density at radius 3 is 2.90 bits per heavy atom. The molecular weight excluding hydrogens is 267 g/mol. The van der Waals surface area contributed by atoms with E-state index < -0.39 is 6.04 Å². The molecule has 1 aliphatic carbocycles. The first kappa shape index (κ1) is 12.5. The van der Waals surface area contributed by atoms with Crippen LogP contribution in [0.5, 0.6) is 0 Å². The summed E-state index contributed by atoms with van der Waals surface area (Å²) in [6, 6.07) is 12.4. The zero-order chi connectivity index (χ0) is 14.4. The van der Waals surface area contributed by atoms with E-state index in [1.54, 1.807) is 6.07 Å². The Morgan fingerprint density at radius 1 is 1.14 bits per heavy atom. The Morgan fingerprint density at radius 2 is 2.00 bits per heavy atom. The molecule has 3 nitrogen and oxygen atoms in total. The highest BCUT2D eigenvalue weighted by atomic mass is 19.1. The number of amides is 1. The van der Waals surface area contributed by atoms with Crippen molar-refractivity contribution < 1.29 is 9.18 Å². The third kappa shape index (κ3) is 2.03. The van der Waals surface area contributed by atoms with Gasteiger partial charge in [-0.3, -0.25) is 10.1 Å². The highest BCUT2D eigenvalue weighted by molar-refractivity contribution is 6.02. The van der Waals surface area contributed by atoms with Gasteiger partial charge in [-0.25, -0.2) is 4.39 Å². The van der Waals surface area contributed by atoms with Crippen molar-refractivity contribution in [2.75, 3.05) is 5.32 Å². The van der Waals surface area contributed by atoms with Crippen molar-refractivity contribution in [3.63, 3.8) is 0 Å². The van der Waals surface area contributed by atoms with Crippen molar-refractivity contribution in [1.29, 1.82) is 0 Å². The molecule has 2 aromatic carbocycles. The number of anilines is 1. The molecule has 2 aromatic rings. The average Bonchev–Trinajstić information content (AvgIpc) is 3.02. The number of aryl methyl sites for hydroxylation is 1. The summed E-state index contributed by atoms with van der Waals surface area (Å²) in [7, 11) is 0. The second-order valence-electron chi connectivity index (χ2n) is 5.61. The Kier molecular flexibility index (Phi) is 2.79. The SMILES string of the molecule is O=C1Nc2ccc(F)cc2C1NC1CCc2ccccc21. The number of hydrogen-bond donors (Lipinski definition) is 2. The van der Waals surface area contributed by atoms with Gasteiger partial charge in [0.1, 0.15) is 11.9 Å². The predicted molar refractivity (Wildman–Crippen MR) is 78.4 cm³/mol. The van der Waals surface area contributed by atoms with Crippen molar-refractivity contribution in [3.8, 4) is 0 Å². The lowest BCUT2D eigenvalue weighted by Crippen LogP contribution is -2.30. The van der Waals surface area contributed by atoms with Crippen LogP contribution in [-0.4, -0.2) is 5.91 Å². The van der Waals surface area contributed by atoms with E-state index in [4.69, 9.17) is 0 Å². The molecule has 21 heavy (non-hydrogen) atoms. The van der Waals surface area contributed by atoms with Crippen LogP contribution < -0.4 is 10.6 Å². The summed E-state index contributed by atoms with van der Waals surface area (Å²) in [5, 5.41) is 6.19. The number of benzene rings is 2. The molecule has 0 aromatic heterocycles. The monoisotopic (exact) mass is 282 g/mol. The van der Waals surface area contributed by atoms with Crippen LogP contribution in [0, 0.1) is 5.82 Å². The number of rotatable bonds is 2. The maximum atomic E-state index is 13.4. The van der Waals surface area contributed by atoms with Crippen LogP contribution in [0.2, 0.25) is 0 Å². The summed E-state index contributed by atoms with van der Waals surface area (Å²) < 4.78 is 13.4. The number of halogens is 1. The molecular formula is C17H15FN2O. The normalized spacial score (nSPS) is 22.8. The number of fused-ring (bicyclic) bond motifs is 2. The molecule has 0 spiro atoms. The first-order chi connectivity index (χ1) is 10.2. The number of hydrogen-bond acceptors (Lipinski definition) is 2. The highest BCUT2D eigenvalue weighted by Crippen LogP contribution is 2.37. The molecule has 2 aliphatic rings. The minimum absolute atomic E-state index is 0.111. The smallest absolute Gasteiger partial charge is 0.246 e. The van der Waals surface area contributed by atoms with Gasteiger partial charge >= 0.3 is 0 Å². The van der Waals surface area contributed by atoms with E-state index >= 15 is 0 Å². The summed E-state index contributed by atoms with van der Waals surface area (Å²) in [4.78, 5) is 12.1. The van der Waals surface area contributed by atoms with E-state index in [0.29, 0.717) is 11.3 Å². The van der Waals surface area contributed by atoms with Gasteiger partial charge in [0, 0.05) is 17.3 Å². The van der Waals surface area contributed by atoms with E-state index in [2.05, 4.69) is 22.8 Å². The van der Waals surface area contributed by atoms with Crippen LogP contribution in [0.15, 0.2) is 42.5 Å². The van der Waals surface area contributed by atoms with Crippen molar-refractivity contribution >= 4 is 11.6 Å². The van der Waals surface area contributed by atoms with E-state index in [1.807, 2.05) is 12.1 Å². The van der Waals surface area contributed by atoms with Gasteiger partial charge in [-0.2, -0.15) is 0 Å². The largest absolute Gasteiger partial charge is 0.324 e. The van der Waals surface area contributed by atoms with Crippen molar-refractivity contribution in [3.05, 3.63) is 65.0 Å². The lowest BCUT2D eigenvalue weighted by atomic mass is 10.0. The van der Waals surface area contributed by atoms with Crippen LogP contribution in [0.4, 0.5) is 10.1 Å². The molecule has 0 fully saturated rings. The molecule has 1 aliphatic heterocycles. The molecule has 1 amide bonds. The third-order valence-corrected chi connectivity index (χ3v) is 4.35. The fourth-order valence-electron chi connectivity index (χ4n) is 3.33. The van der Waals surface area contributed by atoms with E-state index in [-0.39, 0.29) is 17.8 Å². The van der Waals surface area contributed by atoms with Gasteiger partial charge in [-0.15, -0.1) is 0 Å². The third-order valence-electron chi connectivity index (χ3n) is 4.35. The van der Waals surface area contributed by atoms with Crippen LogP contribution in [0.3, 0.4) is 0 Å². The fraction of sp³-hybridized carbons (Fsp3) is 0.235. The van der Waals surface area contributed by atoms with Crippen LogP contribution in [0.25, 0.3) is 0 Å². The molecule has 4 rings (SSSR count). The molecule has 4 heteroatoms. The van der Waals surface area contributed by atoms with Crippen LogP contribution >= 0.6 is 0 Å². The summed E-state index contributed by atoms with van der Waals surface area (Å²) in [5.74, 6) is -0.427. The topological polar surface area (TPSA) is 41.1 Å². The fourth-order valence-corrected chi connectivity index (χ4v) is 3.33. The van der Waals surface area contributed by atoms with Crippen molar-refractivity contribution in [1.82, 2.24) is 5.32 Å². The molecule has 0 radical (unpaired) electrons. The molecule has 106 valence electrons. The van der Waals surface area contributed by atoms with Gasteiger partial charge in [0.25, 0.3) is 0 Å². The van der Waals surface area contributed by atoms with Crippen molar-refractivity contribution in [2.24, 2.45) is 0 Å². The number of carbonyl (C=O) groups excluding carboxylic acids is 1. The van der Waals surface area contributed by atoms with E-state index in [9.17, 15) is 9.18 Å². The molecule has 0 bridgehead atoms. The van der Waals surface area contributed by atoms with Gasteiger partial charge in [0.15, 0.2) is 0 Å². The lowest BCUT2D eigenvalue weighted by Gasteiger charge is -2.19. The van der Waals surface area contributed by atoms with Crippen LogP contribution in [0.1, 0.15) is 35.2 Å². The van der Waals surface area contributed by atoms with E-state index in [0.717, 1.165) is 12.8 Å². The maximum Gasteiger partial charge on any atom is 0.246 e. The summed E-state index contributed by atoms with van der Waals surface area (Å²) in [6.07, 6.45) is 1.98. The molecule has 2 atom stereocenters. The zero-order valence-electron chi connectivity index (χ0n) is 11.4. The first-order valence-corrected chi connectivity index (χ1v) is 7.16. The Hall–Kier alpha value is -2.20. The second kappa shape index (κ2) is 4.67. The average molecular weight is 282 g/mol. The van der Waals surface area contributed by atoms with Crippen molar-refractivity contribution in [2.45, 2.75) is 24.9 Å². The van der Waals surface area contributed by atoms with Gasteiger partial charge < -0.3 is 5.32 Å². The predicted octanol–water partition coefficient (Wildman–Crippen LogP) is 3.10. The van der Waals surface area contributed by atoms with Gasteiger partial charge in [-0.1, -0.05) is 24.3 Å².